The second-order valence-corrected chi connectivity index (χ2v) is 7.09. The fourth-order valence-corrected chi connectivity index (χ4v) is 3.39. The number of carbonyl (C=O) groups excluding carboxylic acids is 1. The minimum atomic E-state index is -0.0618. The first-order chi connectivity index (χ1) is 14.1. The van der Waals surface area contributed by atoms with Gasteiger partial charge < -0.3 is 15.1 Å². The summed E-state index contributed by atoms with van der Waals surface area (Å²) in [6.07, 6.45) is 4.39. The highest BCUT2D eigenvalue weighted by atomic mass is 16.2. The second kappa shape index (κ2) is 8.30. The number of aryl methyl sites for hydroxylation is 2. The topological polar surface area (TPSA) is 79.2 Å². The second-order valence-electron chi connectivity index (χ2n) is 7.09. The Kier molecular flexibility index (Phi) is 5.41. The predicted octanol–water partition coefficient (Wildman–Crippen LogP) is 2.89. The number of benzene rings is 1. The Morgan fingerprint density at radius 2 is 1.86 bits per heavy atom. The van der Waals surface area contributed by atoms with E-state index < -0.39 is 0 Å². The molecule has 1 aliphatic heterocycles. The van der Waals surface area contributed by atoms with Crippen molar-refractivity contribution in [2.45, 2.75) is 20.3 Å². The summed E-state index contributed by atoms with van der Waals surface area (Å²) in [6.45, 7) is 6.76. The van der Waals surface area contributed by atoms with Gasteiger partial charge in [-0.05, 0) is 37.1 Å². The number of rotatable bonds is 4. The molecular weight excluding hydrogens is 366 g/mol. The van der Waals surface area contributed by atoms with Crippen LogP contribution in [-0.2, 0) is 6.42 Å². The van der Waals surface area contributed by atoms with Gasteiger partial charge in [0.1, 0.15) is 12.1 Å². The van der Waals surface area contributed by atoms with Crippen molar-refractivity contribution >= 4 is 17.5 Å². The van der Waals surface area contributed by atoms with E-state index in [1.54, 1.807) is 11.0 Å². The summed E-state index contributed by atoms with van der Waals surface area (Å²) in [6, 6.07) is 11.8. The number of nitrogens with one attached hydrogen (secondary N) is 1. The first-order valence-electron chi connectivity index (χ1n) is 9.87. The molecule has 0 radical (unpaired) electrons. The van der Waals surface area contributed by atoms with Crippen molar-refractivity contribution in [3.63, 3.8) is 0 Å². The van der Waals surface area contributed by atoms with Gasteiger partial charge in [0.2, 0.25) is 0 Å². The SMILES string of the molecule is CCc1cccc(NC(=O)N2CCN(c3cc(-n4ccc(C)n4)ncn3)CC2)c1. The van der Waals surface area contributed by atoms with E-state index in [4.69, 9.17) is 0 Å². The first kappa shape index (κ1) is 18.9. The van der Waals surface area contributed by atoms with Crippen LogP contribution in [0, 0.1) is 6.92 Å². The molecule has 1 aromatic carbocycles. The molecule has 150 valence electrons. The third-order valence-electron chi connectivity index (χ3n) is 5.07. The van der Waals surface area contributed by atoms with E-state index in [1.807, 2.05) is 48.4 Å². The van der Waals surface area contributed by atoms with Gasteiger partial charge in [-0.3, -0.25) is 0 Å². The fraction of sp³-hybridized carbons (Fsp3) is 0.333. The van der Waals surface area contributed by atoms with Gasteiger partial charge in [0.15, 0.2) is 5.82 Å². The molecule has 1 aliphatic rings. The Labute approximate surface area is 170 Å². The van der Waals surface area contributed by atoms with Gasteiger partial charge >= 0.3 is 6.03 Å². The molecule has 0 saturated carbocycles. The molecule has 0 atom stereocenters. The molecule has 4 rings (SSSR count). The van der Waals surface area contributed by atoms with Crippen molar-refractivity contribution in [3.8, 4) is 5.82 Å². The van der Waals surface area contributed by atoms with Crippen LogP contribution in [0.1, 0.15) is 18.2 Å². The third-order valence-corrected chi connectivity index (χ3v) is 5.07. The molecule has 0 bridgehead atoms. The predicted molar refractivity (Wildman–Crippen MR) is 113 cm³/mol. The van der Waals surface area contributed by atoms with Gasteiger partial charge in [0, 0.05) is 44.1 Å². The average Bonchev–Trinajstić information content (AvgIpc) is 3.20. The van der Waals surface area contributed by atoms with Crippen LogP contribution in [0.4, 0.5) is 16.3 Å². The molecule has 29 heavy (non-hydrogen) atoms. The summed E-state index contributed by atoms with van der Waals surface area (Å²) >= 11 is 0. The molecule has 0 aliphatic carbocycles. The van der Waals surface area contributed by atoms with Crippen molar-refractivity contribution in [3.05, 3.63) is 60.2 Å². The molecule has 3 aromatic rings. The maximum atomic E-state index is 12.6. The lowest BCUT2D eigenvalue weighted by molar-refractivity contribution is 0.208. The molecule has 1 N–H and O–H groups in total. The zero-order chi connectivity index (χ0) is 20.2. The van der Waals surface area contributed by atoms with Crippen molar-refractivity contribution < 1.29 is 4.79 Å². The van der Waals surface area contributed by atoms with E-state index in [0.29, 0.717) is 13.1 Å². The maximum absolute atomic E-state index is 12.6. The van der Waals surface area contributed by atoms with Crippen LogP contribution in [0.25, 0.3) is 5.82 Å². The van der Waals surface area contributed by atoms with Crippen molar-refractivity contribution in [2.75, 3.05) is 36.4 Å². The van der Waals surface area contributed by atoms with Gasteiger partial charge in [-0.1, -0.05) is 19.1 Å². The highest BCUT2D eigenvalue weighted by Crippen LogP contribution is 2.17. The van der Waals surface area contributed by atoms with E-state index in [2.05, 4.69) is 38.3 Å². The molecule has 8 nitrogen and oxygen atoms in total. The standard InChI is InChI=1S/C21H25N7O/c1-3-17-5-4-6-18(13-17)24-21(29)27-11-9-26(10-12-27)19-14-20(23-15-22-19)28-8-7-16(2)25-28/h4-8,13-15H,3,9-12H2,1-2H3,(H,24,29). The minimum absolute atomic E-state index is 0.0618. The fourth-order valence-electron chi connectivity index (χ4n) is 3.39. The van der Waals surface area contributed by atoms with Crippen molar-refractivity contribution in [1.82, 2.24) is 24.6 Å². The van der Waals surface area contributed by atoms with E-state index in [0.717, 1.165) is 42.5 Å². The van der Waals surface area contributed by atoms with Crippen LogP contribution in [0.2, 0.25) is 0 Å². The zero-order valence-corrected chi connectivity index (χ0v) is 16.7. The summed E-state index contributed by atoms with van der Waals surface area (Å²) in [4.78, 5) is 25.3. The van der Waals surface area contributed by atoms with E-state index in [-0.39, 0.29) is 6.03 Å². The van der Waals surface area contributed by atoms with E-state index in [9.17, 15) is 4.79 Å². The number of anilines is 2. The Balaban J connectivity index is 1.37. The largest absolute Gasteiger partial charge is 0.353 e. The number of hydrogen-bond donors (Lipinski definition) is 1. The summed E-state index contributed by atoms with van der Waals surface area (Å²) in [7, 11) is 0. The Morgan fingerprint density at radius 1 is 1.07 bits per heavy atom. The van der Waals surface area contributed by atoms with Crippen LogP contribution < -0.4 is 10.2 Å². The number of urea groups is 1. The van der Waals surface area contributed by atoms with Gasteiger partial charge in [-0.2, -0.15) is 5.10 Å². The Morgan fingerprint density at radius 3 is 2.59 bits per heavy atom. The van der Waals surface area contributed by atoms with E-state index >= 15 is 0 Å². The zero-order valence-electron chi connectivity index (χ0n) is 16.7. The molecule has 2 amide bonds. The smallest absolute Gasteiger partial charge is 0.321 e. The molecule has 0 spiro atoms. The van der Waals surface area contributed by atoms with Crippen LogP contribution >= 0.6 is 0 Å². The number of hydrogen-bond acceptors (Lipinski definition) is 5. The van der Waals surface area contributed by atoms with Crippen LogP contribution in [0.5, 0.6) is 0 Å². The molecule has 2 aromatic heterocycles. The van der Waals surface area contributed by atoms with Gasteiger partial charge in [-0.15, -0.1) is 0 Å². The van der Waals surface area contributed by atoms with Gasteiger partial charge in [-0.25, -0.2) is 19.4 Å². The summed E-state index contributed by atoms with van der Waals surface area (Å²) in [5.74, 6) is 1.58. The lowest BCUT2D eigenvalue weighted by Crippen LogP contribution is -2.50. The van der Waals surface area contributed by atoms with E-state index in [1.165, 1.54) is 5.56 Å². The van der Waals surface area contributed by atoms with Crippen LogP contribution in [-0.4, -0.2) is 56.9 Å². The van der Waals surface area contributed by atoms with Crippen molar-refractivity contribution in [2.24, 2.45) is 0 Å². The lowest BCUT2D eigenvalue weighted by Gasteiger charge is -2.35. The number of aromatic nitrogens is 4. The molecule has 1 fully saturated rings. The average molecular weight is 391 g/mol. The summed E-state index contributed by atoms with van der Waals surface area (Å²) in [5.41, 5.74) is 2.99. The molecule has 0 unspecified atom stereocenters. The minimum Gasteiger partial charge on any atom is -0.353 e. The van der Waals surface area contributed by atoms with Crippen molar-refractivity contribution in [1.29, 1.82) is 0 Å². The molecule has 3 heterocycles. The summed E-state index contributed by atoms with van der Waals surface area (Å²) in [5, 5.41) is 7.41. The highest BCUT2D eigenvalue weighted by Gasteiger charge is 2.22. The normalized spacial score (nSPS) is 14.1. The van der Waals surface area contributed by atoms with Gasteiger partial charge in [0.05, 0.1) is 5.69 Å². The molecule has 1 saturated heterocycles. The van der Waals surface area contributed by atoms with Crippen LogP contribution in [0.15, 0.2) is 48.9 Å². The maximum Gasteiger partial charge on any atom is 0.321 e. The lowest BCUT2D eigenvalue weighted by atomic mass is 10.1. The monoisotopic (exact) mass is 391 g/mol. The third kappa shape index (κ3) is 4.37. The quantitative estimate of drug-likeness (QED) is 0.740. The number of piperazine rings is 1. The molecular formula is C21H25N7O. The highest BCUT2D eigenvalue weighted by molar-refractivity contribution is 5.89. The summed E-state index contributed by atoms with van der Waals surface area (Å²) < 4.78 is 1.74. The Hall–Kier alpha value is -3.42. The first-order valence-corrected chi connectivity index (χ1v) is 9.87. The number of amides is 2. The number of carbonyl (C=O) groups is 1. The number of nitrogens with zero attached hydrogens (tertiary/aromatic N) is 6. The van der Waals surface area contributed by atoms with Gasteiger partial charge in [0.25, 0.3) is 0 Å². The Bertz CT molecular complexity index is 992. The van der Waals surface area contributed by atoms with Crippen LogP contribution in [0.3, 0.4) is 0 Å². The molecule has 8 heteroatoms.